The van der Waals surface area contributed by atoms with E-state index in [4.69, 9.17) is 0 Å². The fourth-order valence-electron chi connectivity index (χ4n) is 2.62. The molecule has 2 rings (SSSR count). The van der Waals surface area contributed by atoms with Gasteiger partial charge < -0.3 is 20.9 Å². The maximum absolute atomic E-state index is 13.6. The predicted octanol–water partition coefficient (Wildman–Crippen LogP) is 1.93. The van der Waals surface area contributed by atoms with Crippen molar-refractivity contribution in [3.8, 4) is 0 Å². The normalized spacial score (nSPS) is 11.0. The van der Waals surface area contributed by atoms with Crippen LogP contribution in [0, 0.1) is 12.7 Å². The van der Waals surface area contributed by atoms with Crippen molar-refractivity contribution in [3.63, 3.8) is 0 Å². The lowest BCUT2D eigenvalue weighted by Crippen LogP contribution is -2.41. The van der Waals surface area contributed by atoms with Crippen molar-refractivity contribution in [1.29, 1.82) is 0 Å². The van der Waals surface area contributed by atoms with Crippen molar-refractivity contribution in [3.05, 3.63) is 70.5 Å². The number of hydrogen-bond acceptors (Lipinski definition) is 3. The first-order valence-corrected chi connectivity index (χ1v) is 9.61. The molecule has 7 nitrogen and oxygen atoms in total. The number of aryl methyl sites for hydroxylation is 1. The average Bonchev–Trinajstić information content (AvgIpc) is 2.74. The van der Waals surface area contributed by atoms with Crippen molar-refractivity contribution >= 4 is 17.8 Å². The van der Waals surface area contributed by atoms with Crippen LogP contribution < -0.4 is 16.0 Å². The van der Waals surface area contributed by atoms with Crippen LogP contribution in [0.2, 0.25) is 0 Å². The summed E-state index contributed by atoms with van der Waals surface area (Å²) in [6.45, 7) is 2.99. The number of guanidine groups is 1. The van der Waals surface area contributed by atoms with Gasteiger partial charge in [0.25, 0.3) is 11.8 Å². The summed E-state index contributed by atoms with van der Waals surface area (Å²) in [4.78, 5) is 29.7. The Labute approximate surface area is 176 Å². The molecule has 0 radical (unpaired) electrons. The Morgan fingerprint density at radius 3 is 2.20 bits per heavy atom. The number of benzene rings is 2. The van der Waals surface area contributed by atoms with Gasteiger partial charge in [0.15, 0.2) is 5.96 Å². The SMILES string of the molecule is CN=C(NCCNC(=O)c1ccc(C)c(F)c1)NCc1ccc(C(=O)N(C)C)cc1. The number of amides is 2. The third-order valence-corrected chi connectivity index (χ3v) is 4.43. The summed E-state index contributed by atoms with van der Waals surface area (Å²) in [5.74, 6) is -0.183. The number of aliphatic imine (C=N–C) groups is 1. The van der Waals surface area contributed by atoms with Gasteiger partial charge in [0, 0.05) is 51.9 Å². The van der Waals surface area contributed by atoms with Gasteiger partial charge in [0.2, 0.25) is 0 Å². The summed E-state index contributed by atoms with van der Waals surface area (Å²) in [5, 5.41) is 9.01. The van der Waals surface area contributed by atoms with Crippen LogP contribution in [0.5, 0.6) is 0 Å². The van der Waals surface area contributed by atoms with E-state index in [0.29, 0.717) is 36.7 Å². The molecule has 2 aromatic rings. The van der Waals surface area contributed by atoms with Gasteiger partial charge in [0.05, 0.1) is 0 Å². The second kappa shape index (κ2) is 10.9. The van der Waals surface area contributed by atoms with Gasteiger partial charge in [-0.25, -0.2) is 4.39 Å². The van der Waals surface area contributed by atoms with Gasteiger partial charge in [-0.15, -0.1) is 0 Å². The molecule has 8 heteroatoms. The smallest absolute Gasteiger partial charge is 0.253 e. The second-order valence-electron chi connectivity index (χ2n) is 6.97. The van der Waals surface area contributed by atoms with Crippen molar-refractivity contribution in [1.82, 2.24) is 20.9 Å². The van der Waals surface area contributed by atoms with Crippen molar-refractivity contribution in [2.45, 2.75) is 13.5 Å². The van der Waals surface area contributed by atoms with Crippen LogP contribution in [0.25, 0.3) is 0 Å². The number of nitrogens with zero attached hydrogens (tertiary/aromatic N) is 2. The first-order valence-electron chi connectivity index (χ1n) is 9.61. The van der Waals surface area contributed by atoms with Gasteiger partial charge in [-0.05, 0) is 42.3 Å². The quantitative estimate of drug-likeness (QED) is 0.368. The topological polar surface area (TPSA) is 85.8 Å². The lowest BCUT2D eigenvalue weighted by Gasteiger charge is -2.13. The van der Waals surface area contributed by atoms with Crippen molar-refractivity contribution in [2.75, 3.05) is 34.2 Å². The molecule has 3 N–H and O–H groups in total. The highest BCUT2D eigenvalue weighted by atomic mass is 19.1. The standard InChI is InChI=1S/C22H28FN5O2/c1-15-5-8-18(13-19(15)23)20(29)25-11-12-26-22(24-2)27-14-16-6-9-17(10-7-16)21(30)28(3)4/h5-10,13H,11-12,14H2,1-4H3,(H,25,29)(H2,24,26,27). The van der Waals surface area contributed by atoms with Crippen LogP contribution in [-0.4, -0.2) is 56.9 Å². The number of halogens is 1. The summed E-state index contributed by atoms with van der Waals surface area (Å²) in [6.07, 6.45) is 0. The van der Waals surface area contributed by atoms with E-state index in [1.807, 2.05) is 12.1 Å². The Kier molecular flexibility index (Phi) is 8.34. The third kappa shape index (κ3) is 6.58. The van der Waals surface area contributed by atoms with Gasteiger partial charge in [-0.2, -0.15) is 0 Å². The highest BCUT2D eigenvalue weighted by Gasteiger charge is 2.09. The monoisotopic (exact) mass is 413 g/mol. The van der Waals surface area contributed by atoms with Crippen LogP contribution in [0.3, 0.4) is 0 Å². The number of hydrogen-bond donors (Lipinski definition) is 3. The minimum atomic E-state index is -0.399. The lowest BCUT2D eigenvalue weighted by molar-refractivity contribution is 0.0827. The zero-order valence-corrected chi connectivity index (χ0v) is 17.8. The molecular weight excluding hydrogens is 385 g/mol. The molecule has 0 unspecified atom stereocenters. The van der Waals surface area contributed by atoms with Crippen LogP contribution in [0.4, 0.5) is 4.39 Å². The van der Waals surface area contributed by atoms with Gasteiger partial charge in [-0.3, -0.25) is 14.6 Å². The van der Waals surface area contributed by atoms with E-state index < -0.39 is 5.82 Å². The summed E-state index contributed by atoms with van der Waals surface area (Å²) >= 11 is 0. The summed E-state index contributed by atoms with van der Waals surface area (Å²) in [7, 11) is 5.09. The molecular formula is C22H28FN5O2. The zero-order chi connectivity index (χ0) is 22.1. The minimum absolute atomic E-state index is 0.0394. The molecule has 0 atom stereocenters. The Hall–Kier alpha value is -3.42. The second-order valence-corrected chi connectivity index (χ2v) is 6.97. The fraction of sp³-hybridized carbons (Fsp3) is 0.318. The van der Waals surface area contributed by atoms with Crippen LogP contribution in [0.1, 0.15) is 31.8 Å². The lowest BCUT2D eigenvalue weighted by atomic mass is 10.1. The van der Waals surface area contributed by atoms with E-state index >= 15 is 0 Å². The minimum Gasteiger partial charge on any atom is -0.355 e. The first kappa shape index (κ1) is 22.9. The molecule has 30 heavy (non-hydrogen) atoms. The summed E-state index contributed by atoms with van der Waals surface area (Å²) in [5.41, 5.74) is 2.43. The molecule has 0 fully saturated rings. The average molecular weight is 413 g/mol. The van der Waals surface area contributed by atoms with E-state index in [1.165, 1.54) is 11.0 Å². The van der Waals surface area contributed by atoms with E-state index in [2.05, 4.69) is 20.9 Å². The number of carbonyl (C=O) groups is 2. The molecule has 160 valence electrons. The third-order valence-electron chi connectivity index (χ3n) is 4.43. The molecule has 0 aliphatic carbocycles. The largest absolute Gasteiger partial charge is 0.355 e. The van der Waals surface area contributed by atoms with E-state index in [9.17, 15) is 14.0 Å². The Balaban J connectivity index is 1.75. The van der Waals surface area contributed by atoms with Crippen LogP contribution in [-0.2, 0) is 6.54 Å². The highest BCUT2D eigenvalue weighted by Crippen LogP contribution is 2.09. The first-order chi connectivity index (χ1) is 14.3. The summed E-state index contributed by atoms with van der Waals surface area (Å²) in [6, 6.07) is 11.8. The van der Waals surface area contributed by atoms with Gasteiger partial charge in [0.1, 0.15) is 5.82 Å². The number of nitrogens with one attached hydrogen (secondary N) is 3. The maximum atomic E-state index is 13.6. The molecule has 0 saturated carbocycles. The molecule has 0 heterocycles. The Morgan fingerprint density at radius 1 is 0.967 bits per heavy atom. The van der Waals surface area contributed by atoms with Crippen molar-refractivity contribution < 1.29 is 14.0 Å². The maximum Gasteiger partial charge on any atom is 0.253 e. The molecule has 0 bridgehead atoms. The van der Waals surface area contributed by atoms with Crippen LogP contribution >= 0.6 is 0 Å². The highest BCUT2D eigenvalue weighted by molar-refractivity contribution is 5.94. The molecule has 0 aliphatic rings. The van der Waals surface area contributed by atoms with Crippen LogP contribution in [0.15, 0.2) is 47.5 Å². The molecule has 0 saturated heterocycles. The van der Waals surface area contributed by atoms with E-state index in [-0.39, 0.29) is 17.4 Å². The van der Waals surface area contributed by atoms with Gasteiger partial charge in [-0.1, -0.05) is 18.2 Å². The molecule has 0 aliphatic heterocycles. The number of carbonyl (C=O) groups excluding carboxylic acids is 2. The molecule has 2 aromatic carbocycles. The van der Waals surface area contributed by atoms with Crippen molar-refractivity contribution in [2.24, 2.45) is 4.99 Å². The van der Waals surface area contributed by atoms with E-state index in [1.54, 1.807) is 52.3 Å². The summed E-state index contributed by atoms with van der Waals surface area (Å²) < 4.78 is 13.6. The molecule has 0 aromatic heterocycles. The molecule has 0 spiro atoms. The number of rotatable bonds is 7. The zero-order valence-electron chi connectivity index (χ0n) is 17.8. The Bertz CT molecular complexity index is 910. The fourth-order valence-corrected chi connectivity index (χ4v) is 2.62. The van der Waals surface area contributed by atoms with E-state index in [0.717, 1.165) is 5.56 Å². The Morgan fingerprint density at radius 2 is 1.60 bits per heavy atom. The van der Waals surface area contributed by atoms with Gasteiger partial charge >= 0.3 is 0 Å². The predicted molar refractivity (Wildman–Crippen MR) is 116 cm³/mol. The molecule has 2 amide bonds.